The van der Waals surface area contributed by atoms with Gasteiger partial charge in [-0.2, -0.15) is 11.8 Å². The van der Waals surface area contributed by atoms with E-state index in [1.807, 2.05) is 30.2 Å². The van der Waals surface area contributed by atoms with Gasteiger partial charge in [0, 0.05) is 30.7 Å². The SMILES string of the molecule is CSC1CCCCN(c2ncccn2)C1. The molecule has 2 rings (SSSR count). The Balaban J connectivity index is 2.07. The largest absolute Gasteiger partial charge is 0.340 e. The predicted octanol–water partition coefficient (Wildman–Crippen LogP) is 2.20. The molecule has 1 aliphatic heterocycles. The van der Waals surface area contributed by atoms with Gasteiger partial charge in [0.15, 0.2) is 0 Å². The lowest BCUT2D eigenvalue weighted by Gasteiger charge is -2.23. The van der Waals surface area contributed by atoms with Crippen LogP contribution in [-0.4, -0.2) is 34.6 Å². The van der Waals surface area contributed by atoms with Crippen molar-refractivity contribution in [2.24, 2.45) is 0 Å². The molecule has 82 valence electrons. The second kappa shape index (κ2) is 5.35. The Bertz CT molecular complexity index is 291. The third-order valence-corrected chi connectivity index (χ3v) is 3.85. The maximum Gasteiger partial charge on any atom is 0.225 e. The third kappa shape index (κ3) is 2.84. The number of nitrogens with zero attached hydrogens (tertiary/aromatic N) is 3. The fourth-order valence-electron chi connectivity index (χ4n) is 1.93. The van der Waals surface area contributed by atoms with Gasteiger partial charge in [0.25, 0.3) is 0 Å². The topological polar surface area (TPSA) is 29.0 Å². The van der Waals surface area contributed by atoms with Crippen molar-refractivity contribution in [1.82, 2.24) is 9.97 Å². The highest BCUT2D eigenvalue weighted by atomic mass is 32.2. The van der Waals surface area contributed by atoms with E-state index < -0.39 is 0 Å². The molecule has 1 aromatic heterocycles. The Morgan fingerprint density at radius 3 is 2.87 bits per heavy atom. The van der Waals surface area contributed by atoms with E-state index >= 15 is 0 Å². The van der Waals surface area contributed by atoms with E-state index in [4.69, 9.17) is 0 Å². The molecule has 1 unspecified atom stereocenters. The summed E-state index contributed by atoms with van der Waals surface area (Å²) in [6, 6.07) is 1.87. The van der Waals surface area contributed by atoms with Crippen molar-refractivity contribution >= 4 is 17.7 Å². The number of rotatable bonds is 2. The van der Waals surface area contributed by atoms with Gasteiger partial charge >= 0.3 is 0 Å². The fourth-order valence-corrected chi connectivity index (χ4v) is 2.66. The van der Waals surface area contributed by atoms with Crippen LogP contribution in [-0.2, 0) is 0 Å². The number of hydrogen-bond acceptors (Lipinski definition) is 4. The molecule has 3 nitrogen and oxygen atoms in total. The minimum atomic E-state index is 0.733. The highest BCUT2D eigenvalue weighted by Crippen LogP contribution is 2.22. The molecule has 1 fully saturated rings. The highest BCUT2D eigenvalue weighted by Gasteiger charge is 2.18. The van der Waals surface area contributed by atoms with Crippen LogP contribution in [0.2, 0.25) is 0 Å². The molecule has 0 aliphatic carbocycles. The number of hydrogen-bond donors (Lipinski definition) is 0. The van der Waals surface area contributed by atoms with Gasteiger partial charge in [-0.1, -0.05) is 6.42 Å². The van der Waals surface area contributed by atoms with E-state index in [2.05, 4.69) is 21.1 Å². The summed E-state index contributed by atoms with van der Waals surface area (Å²) in [5.74, 6) is 0.887. The highest BCUT2D eigenvalue weighted by molar-refractivity contribution is 7.99. The van der Waals surface area contributed by atoms with Crippen LogP contribution in [0.3, 0.4) is 0 Å². The third-order valence-electron chi connectivity index (χ3n) is 2.80. The van der Waals surface area contributed by atoms with E-state index in [1.165, 1.54) is 19.3 Å². The van der Waals surface area contributed by atoms with Crippen molar-refractivity contribution < 1.29 is 0 Å². The van der Waals surface area contributed by atoms with E-state index in [9.17, 15) is 0 Å². The molecule has 2 heterocycles. The fraction of sp³-hybridized carbons (Fsp3) is 0.636. The zero-order valence-electron chi connectivity index (χ0n) is 9.09. The Morgan fingerprint density at radius 2 is 2.13 bits per heavy atom. The normalized spacial score (nSPS) is 22.5. The summed E-state index contributed by atoms with van der Waals surface area (Å²) in [4.78, 5) is 11.0. The van der Waals surface area contributed by atoms with Gasteiger partial charge in [0.05, 0.1) is 0 Å². The minimum Gasteiger partial charge on any atom is -0.340 e. The molecular weight excluding hydrogens is 206 g/mol. The Kier molecular flexibility index (Phi) is 3.83. The molecule has 1 aliphatic rings. The quantitative estimate of drug-likeness (QED) is 0.768. The van der Waals surface area contributed by atoms with Crippen molar-refractivity contribution in [2.45, 2.75) is 24.5 Å². The lowest BCUT2D eigenvalue weighted by molar-refractivity contribution is 0.735. The smallest absolute Gasteiger partial charge is 0.225 e. The molecule has 0 spiro atoms. The Hall–Kier alpha value is -0.770. The average Bonchev–Trinajstić information content (AvgIpc) is 2.55. The first kappa shape index (κ1) is 10.7. The van der Waals surface area contributed by atoms with Crippen LogP contribution in [0.5, 0.6) is 0 Å². The molecule has 15 heavy (non-hydrogen) atoms. The first-order valence-electron chi connectivity index (χ1n) is 5.45. The standard InChI is InChI=1S/C11H17N3S/c1-15-10-5-2-3-8-14(9-10)11-12-6-4-7-13-11/h4,6-7,10H,2-3,5,8-9H2,1H3. The molecular formula is C11H17N3S. The van der Waals surface area contributed by atoms with Crippen LogP contribution in [0.15, 0.2) is 18.5 Å². The van der Waals surface area contributed by atoms with Gasteiger partial charge < -0.3 is 4.90 Å². The Morgan fingerprint density at radius 1 is 1.33 bits per heavy atom. The lowest BCUT2D eigenvalue weighted by atomic mass is 10.2. The van der Waals surface area contributed by atoms with Gasteiger partial charge in [-0.05, 0) is 25.2 Å². The summed E-state index contributed by atoms with van der Waals surface area (Å²) < 4.78 is 0. The summed E-state index contributed by atoms with van der Waals surface area (Å²) in [6.07, 6.45) is 9.75. The second-order valence-corrected chi connectivity index (χ2v) is 4.99. The van der Waals surface area contributed by atoms with Crippen molar-refractivity contribution in [1.29, 1.82) is 0 Å². The molecule has 0 aromatic carbocycles. The molecule has 0 N–H and O–H groups in total. The summed E-state index contributed by atoms with van der Waals surface area (Å²) in [7, 11) is 0. The van der Waals surface area contributed by atoms with Crippen molar-refractivity contribution in [3.8, 4) is 0 Å². The van der Waals surface area contributed by atoms with Gasteiger partial charge in [0.2, 0.25) is 5.95 Å². The lowest BCUT2D eigenvalue weighted by Crippen LogP contribution is -2.30. The predicted molar refractivity (Wildman–Crippen MR) is 65.4 cm³/mol. The van der Waals surface area contributed by atoms with Crippen LogP contribution in [0.4, 0.5) is 5.95 Å². The summed E-state index contributed by atoms with van der Waals surface area (Å²) in [6.45, 7) is 2.19. The summed E-state index contributed by atoms with van der Waals surface area (Å²) >= 11 is 1.96. The molecule has 1 aromatic rings. The number of aromatic nitrogens is 2. The van der Waals surface area contributed by atoms with E-state index in [-0.39, 0.29) is 0 Å². The van der Waals surface area contributed by atoms with Gasteiger partial charge in [-0.25, -0.2) is 9.97 Å². The van der Waals surface area contributed by atoms with E-state index in [1.54, 1.807) is 0 Å². The first-order valence-corrected chi connectivity index (χ1v) is 6.73. The molecule has 0 saturated carbocycles. The van der Waals surface area contributed by atoms with Crippen LogP contribution in [0, 0.1) is 0 Å². The van der Waals surface area contributed by atoms with Crippen LogP contribution in [0.1, 0.15) is 19.3 Å². The molecule has 1 saturated heterocycles. The van der Waals surface area contributed by atoms with Crippen LogP contribution >= 0.6 is 11.8 Å². The van der Waals surface area contributed by atoms with Crippen LogP contribution < -0.4 is 4.90 Å². The molecule has 1 atom stereocenters. The monoisotopic (exact) mass is 223 g/mol. The molecule has 0 amide bonds. The molecule has 0 bridgehead atoms. The van der Waals surface area contributed by atoms with E-state index in [0.717, 1.165) is 24.3 Å². The number of thioether (sulfide) groups is 1. The first-order chi connectivity index (χ1) is 7.40. The maximum atomic E-state index is 4.32. The van der Waals surface area contributed by atoms with E-state index in [0.29, 0.717) is 0 Å². The number of anilines is 1. The average molecular weight is 223 g/mol. The molecule has 4 heteroatoms. The molecule has 0 radical (unpaired) electrons. The van der Waals surface area contributed by atoms with Crippen molar-refractivity contribution in [3.05, 3.63) is 18.5 Å². The minimum absolute atomic E-state index is 0.733. The van der Waals surface area contributed by atoms with Crippen LogP contribution in [0.25, 0.3) is 0 Å². The second-order valence-electron chi connectivity index (χ2n) is 3.85. The zero-order chi connectivity index (χ0) is 10.5. The maximum absolute atomic E-state index is 4.32. The Labute approximate surface area is 95.3 Å². The summed E-state index contributed by atoms with van der Waals surface area (Å²) in [5.41, 5.74) is 0. The van der Waals surface area contributed by atoms with Gasteiger partial charge in [-0.3, -0.25) is 0 Å². The van der Waals surface area contributed by atoms with Crippen molar-refractivity contribution in [2.75, 3.05) is 24.2 Å². The van der Waals surface area contributed by atoms with Crippen molar-refractivity contribution in [3.63, 3.8) is 0 Å². The van der Waals surface area contributed by atoms with Gasteiger partial charge in [0.1, 0.15) is 0 Å². The van der Waals surface area contributed by atoms with Gasteiger partial charge in [-0.15, -0.1) is 0 Å². The summed E-state index contributed by atoms with van der Waals surface area (Å²) in [5, 5.41) is 0.733. The zero-order valence-corrected chi connectivity index (χ0v) is 9.91.